The Hall–Kier alpha value is -0.820. The maximum absolute atomic E-state index is 5.50. The molecule has 0 bridgehead atoms. The lowest BCUT2D eigenvalue weighted by atomic mass is 9.89. The molecule has 1 heterocycles. The molecule has 1 aromatic carbocycles. The van der Waals surface area contributed by atoms with Crippen LogP contribution in [-0.4, -0.2) is 6.61 Å². The van der Waals surface area contributed by atoms with Crippen LogP contribution < -0.4 is 0 Å². The lowest BCUT2D eigenvalue weighted by Crippen LogP contribution is -2.37. The van der Waals surface area contributed by atoms with Crippen LogP contribution in [0.1, 0.15) is 18.9 Å². The maximum Gasteiger partial charge on any atom is 0.0925 e. The predicted octanol–water partition coefficient (Wildman–Crippen LogP) is 2.32. The molecule has 0 unspecified atom stereocenters. The Bertz CT molecular complexity index is 236. The molecule has 11 heavy (non-hydrogen) atoms. The molecule has 1 saturated heterocycles. The largest absolute Gasteiger partial charge is 0.370 e. The number of rotatable bonds is 1. The van der Waals surface area contributed by atoms with E-state index >= 15 is 0 Å². The minimum absolute atomic E-state index is 0.0151. The molecule has 2 rings (SSSR count). The van der Waals surface area contributed by atoms with Gasteiger partial charge in [-0.2, -0.15) is 0 Å². The highest BCUT2D eigenvalue weighted by atomic mass is 16.5. The highest BCUT2D eigenvalue weighted by molar-refractivity contribution is 5.23. The summed E-state index contributed by atoms with van der Waals surface area (Å²) in [4.78, 5) is 0. The fourth-order valence-corrected chi connectivity index (χ4v) is 1.43. The van der Waals surface area contributed by atoms with Gasteiger partial charge in [-0.05, 0) is 12.5 Å². The third-order valence-corrected chi connectivity index (χ3v) is 2.38. The van der Waals surface area contributed by atoms with E-state index in [1.807, 2.05) is 6.07 Å². The van der Waals surface area contributed by atoms with Gasteiger partial charge >= 0.3 is 0 Å². The molecule has 1 fully saturated rings. The molecule has 1 nitrogen and oxygen atoms in total. The van der Waals surface area contributed by atoms with Gasteiger partial charge < -0.3 is 4.74 Å². The van der Waals surface area contributed by atoms with Gasteiger partial charge in [0.05, 0.1) is 12.2 Å². The predicted molar refractivity (Wildman–Crippen MR) is 44.4 cm³/mol. The van der Waals surface area contributed by atoms with Gasteiger partial charge in [-0.1, -0.05) is 30.3 Å². The van der Waals surface area contributed by atoms with Crippen LogP contribution in [-0.2, 0) is 10.3 Å². The summed E-state index contributed by atoms with van der Waals surface area (Å²) >= 11 is 0. The summed E-state index contributed by atoms with van der Waals surface area (Å²) in [5.74, 6) is 0. The lowest BCUT2D eigenvalue weighted by molar-refractivity contribution is -0.140. The van der Waals surface area contributed by atoms with Gasteiger partial charge in [0.2, 0.25) is 0 Å². The Morgan fingerprint density at radius 2 is 1.91 bits per heavy atom. The Morgan fingerprint density at radius 3 is 2.36 bits per heavy atom. The van der Waals surface area contributed by atoms with Gasteiger partial charge in [-0.15, -0.1) is 0 Å². The second-order valence-electron chi connectivity index (χ2n) is 3.20. The highest BCUT2D eigenvalue weighted by Gasteiger charge is 2.34. The van der Waals surface area contributed by atoms with Crippen molar-refractivity contribution in [3.05, 3.63) is 35.9 Å². The zero-order valence-corrected chi connectivity index (χ0v) is 6.71. The number of hydrogen-bond acceptors (Lipinski definition) is 1. The Balaban J connectivity index is 2.29. The van der Waals surface area contributed by atoms with Crippen LogP contribution in [0.15, 0.2) is 30.3 Å². The van der Waals surface area contributed by atoms with Crippen molar-refractivity contribution >= 4 is 0 Å². The van der Waals surface area contributed by atoms with Crippen molar-refractivity contribution in [2.24, 2.45) is 0 Å². The van der Waals surface area contributed by atoms with Crippen molar-refractivity contribution in [1.82, 2.24) is 0 Å². The lowest BCUT2D eigenvalue weighted by Gasteiger charge is -2.39. The van der Waals surface area contributed by atoms with Crippen molar-refractivity contribution in [3.8, 4) is 0 Å². The van der Waals surface area contributed by atoms with Crippen LogP contribution in [0.4, 0.5) is 0 Å². The fraction of sp³-hybridized carbons (Fsp3) is 0.400. The van der Waals surface area contributed by atoms with Gasteiger partial charge in [0.25, 0.3) is 0 Å². The van der Waals surface area contributed by atoms with Crippen LogP contribution in [0.3, 0.4) is 0 Å². The molecular weight excluding hydrogens is 136 g/mol. The van der Waals surface area contributed by atoms with Crippen molar-refractivity contribution in [3.63, 3.8) is 0 Å². The van der Waals surface area contributed by atoms with E-state index in [2.05, 4.69) is 31.2 Å². The minimum Gasteiger partial charge on any atom is -0.370 e. The van der Waals surface area contributed by atoms with Crippen LogP contribution in [0.2, 0.25) is 0 Å². The molecule has 0 radical (unpaired) electrons. The summed E-state index contributed by atoms with van der Waals surface area (Å²) < 4.78 is 5.50. The Labute approximate surface area is 67.0 Å². The average molecular weight is 148 g/mol. The minimum atomic E-state index is 0.0151. The van der Waals surface area contributed by atoms with E-state index in [0.717, 1.165) is 13.0 Å². The molecule has 58 valence electrons. The molecule has 1 aliphatic rings. The summed E-state index contributed by atoms with van der Waals surface area (Å²) in [5.41, 5.74) is 1.31. The number of benzene rings is 1. The van der Waals surface area contributed by atoms with Crippen molar-refractivity contribution in [2.75, 3.05) is 6.61 Å². The van der Waals surface area contributed by atoms with E-state index in [1.165, 1.54) is 5.56 Å². The topological polar surface area (TPSA) is 9.23 Å². The smallest absolute Gasteiger partial charge is 0.0925 e. The maximum atomic E-state index is 5.50. The van der Waals surface area contributed by atoms with Crippen LogP contribution in [0.25, 0.3) is 0 Å². The zero-order valence-electron chi connectivity index (χ0n) is 6.71. The molecule has 1 heteroatoms. The zero-order chi connectivity index (χ0) is 7.73. The van der Waals surface area contributed by atoms with Gasteiger partial charge in [0, 0.05) is 6.42 Å². The summed E-state index contributed by atoms with van der Waals surface area (Å²) in [5, 5.41) is 0. The first-order chi connectivity index (χ1) is 5.31. The second kappa shape index (κ2) is 2.35. The summed E-state index contributed by atoms with van der Waals surface area (Å²) in [7, 11) is 0. The fourth-order valence-electron chi connectivity index (χ4n) is 1.43. The summed E-state index contributed by atoms with van der Waals surface area (Å²) in [6.07, 6.45) is 1.15. The molecule has 1 aliphatic heterocycles. The SMILES string of the molecule is C[C@@]1(c2ccccc2)CCO1. The molecule has 0 spiro atoms. The molecule has 0 aromatic heterocycles. The standard InChI is InChI=1S/C10H12O/c1-10(7-8-11-10)9-5-3-2-4-6-9/h2-6H,7-8H2,1H3/t10-/m0/s1. The van der Waals surface area contributed by atoms with E-state index in [4.69, 9.17) is 4.74 Å². The van der Waals surface area contributed by atoms with E-state index in [0.29, 0.717) is 0 Å². The number of ether oxygens (including phenoxy) is 1. The van der Waals surface area contributed by atoms with Crippen LogP contribution in [0.5, 0.6) is 0 Å². The molecule has 0 aliphatic carbocycles. The quantitative estimate of drug-likeness (QED) is 0.594. The molecule has 1 atom stereocenters. The summed E-state index contributed by atoms with van der Waals surface area (Å²) in [6, 6.07) is 10.4. The summed E-state index contributed by atoms with van der Waals surface area (Å²) in [6.45, 7) is 3.05. The third kappa shape index (κ3) is 1.05. The normalized spacial score (nSPS) is 29.5. The van der Waals surface area contributed by atoms with E-state index in [1.54, 1.807) is 0 Å². The second-order valence-corrected chi connectivity index (χ2v) is 3.20. The first-order valence-corrected chi connectivity index (χ1v) is 4.01. The van der Waals surface area contributed by atoms with E-state index in [9.17, 15) is 0 Å². The van der Waals surface area contributed by atoms with Crippen LogP contribution in [0, 0.1) is 0 Å². The van der Waals surface area contributed by atoms with Crippen molar-refractivity contribution in [1.29, 1.82) is 0 Å². The average Bonchev–Trinajstić information content (AvgIpc) is 2.02. The highest BCUT2D eigenvalue weighted by Crippen LogP contribution is 2.36. The van der Waals surface area contributed by atoms with Gasteiger partial charge in [0.1, 0.15) is 0 Å². The van der Waals surface area contributed by atoms with E-state index < -0.39 is 0 Å². The Morgan fingerprint density at radius 1 is 1.27 bits per heavy atom. The number of hydrogen-bond donors (Lipinski definition) is 0. The molecule has 1 aromatic rings. The first kappa shape index (κ1) is 6.86. The van der Waals surface area contributed by atoms with Gasteiger partial charge in [-0.3, -0.25) is 0 Å². The van der Waals surface area contributed by atoms with Crippen molar-refractivity contribution in [2.45, 2.75) is 18.9 Å². The Kier molecular flexibility index (Phi) is 1.46. The van der Waals surface area contributed by atoms with Gasteiger partial charge in [0.15, 0.2) is 0 Å². The molecule has 0 N–H and O–H groups in total. The van der Waals surface area contributed by atoms with Crippen LogP contribution >= 0.6 is 0 Å². The monoisotopic (exact) mass is 148 g/mol. The molecule has 0 amide bonds. The molecular formula is C10H12O. The van der Waals surface area contributed by atoms with Crippen molar-refractivity contribution < 1.29 is 4.74 Å². The van der Waals surface area contributed by atoms with Gasteiger partial charge in [-0.25, -0.2) is 0 Å². The van der Waals surface area contributed by atoms with E-state index in [-0.39, 0.29) is 5.60 Å². The first-order valence-electron chi connectivity index (χ1n) is 4.01. The molecule has 0 saturated carbocycles. The third-order valence-electron chi connectivity index (χ3n) is 2.38.